The number of amides is 3. The van der Waals surface area contributed by atoms with Crippen molar-refractivity contribution in [3.05, 3.63) is 27.3 Å². The first-order valence-electron chi connectivity index (χ1n) is 6.86. The Labute approximate surface area is 137 Å². The van der Waals surface area contributed by atoms with E-state index in [2.05, 4.69) is 5.32 Å². The van der Waals surface area contributed by atoms with Gasteiger partial charge in [-0.15, -0.1) is 11.3 Å². The molecule has 22 heavy (non-hydrogen) atoms. The molecule has 1 N–H and O–H groups in total. The van der Waals surface area contributed by atoms with Gasteiger partial charge in [-0.3, -0.25) is 19.3 Å². The summed E-state index contributed by atoms with van der Waals surface area (Å²) >= 11 is 2.45. The Bertz CT molecular complexity index is 615. The molecule has 2 heterocycles. The third-order valence-electron chi connectivity index (χ3n) is 2.99. The molecule has 0 atom stereocenters. The van der Waals surface area contributed by atoms with Crippen molar-refractivity contribution in [1.29, 1.82) is 0 Å². The van der Waals surface area contributed by atoms with Gasteiger partial charge in [0.05, 0.1) is 4.91 Å². The summed E-state index contributed by atoms with van der Waals surface area (Å²) in [6.45, 7) is 5.89. The highest BCUT2D eigenvalue weighted by atomic mass is 32.2. The maximum absolute atomic E-state index is 12.2. The molecular weight excluding hydrogens is 320 g/mol. The van der Waals surface area contributed by atoms with Crippen LogP contribution in [0.4, 0.5) is 4.79 Å². The summed E-state index contributed by atoms with van der Waals surface area (Å²) in [5.41, 5.74) is -0.488. The lowest BCUT2D eigenvalue weighted by Gasteiger charge is -2.19. The Morgan fingerprint density at radius 1 is 1.36 bits per heavy atom. The number of hydrogen-bond donors (Lipinski definition) is 1. The van der Waals surface area contributed by atoms with E-state index in [1.165, 1.54) is 16.2 Å². The molecular formula is C15H18N2O3S2. The molecule has 1 aromatic heterocycles. The molecule has 0 aliphatic carbocycles. The monoisotopic (exact) mass is 338 g/mol. The van der Waals surface area contributed by atoms with Gasteiger partial charge in [0.25, 0.3) is 11.1 Å². The molecule has 0 spiro atoms. The number of hydrogen-bond acceptors (Lipinski definition) is 5. The minimum absolute atomic E-state index is 0.103. The number of nitrogens with zero attached hydrogens (tertiary/aromatic N) is 1. The van der Waals surface area contributed by atoms with Crippen LogP contribution in [-0.4, -0.2) is 35.0 Å². The predicted molar refractivity (Wildman–Crippen MR) is 89.5 cm³/mol. The third kappa shape index (κ3) is 3.98. The van der Waals surface area contributed by atoms with Crippen molar-refractivity contribution >= 4 is 46.2 Å². The van der Waals surface area contributed by atoms with Crippen LogP contribution in [-0.2, 0) is 9.59 Å². The molecule has 118 valence electrons. The van der Waals surface area contributed by atoms with E-state index in [0.717, 1.165) is 16.6 Å². The smallest absolute Gasteiger partial charge is 0.293 e. The lowest BCUT2D eigenvalue weighted by Crippen LogP contribution is -2.41. The van der Waals surface area contributed by atoms with Gasteiger partial charge in [-0.1, -0.05) is 26.8 Å². The van der Waals surface area contributed by atoms with Crippen LogP contribution in [0.3, 0.4) is 0 Å². The number of imide groups is 1. The van der Waals surface area contributed by atoms with Gasteiger partial charge in [0.1, 0.15) is 0 Å². The van der Waals surface area contributed by atoms with Crippen LogP contribution in [0.15, 0.2) is 22.4 Å². The van der Waals surface area contributed by atoms with Gasteiger partial charge >= 0.3 is 0 Å². The zero-order valence-electron chi connectivity index (χ0n) is 12.7. The Balaban J connectivity index is 1.94. The number of thiophene rings is 1. The van der Waals surface area contributed by atoms with Crippen molar-refractivity contribution in [2.24, 2.45) is 5.41 Å². The van der Waals surface area contributed by atoms with Crippen LogP contribution >= 0.6 is 23.1 Å². The van der Waals surface area contributed by atoms with E-state index in [0.29, 0.717) is 4.91 Å². The molecule has 0 aromatic carbocycles. The highest BCUT2D eigenvalue weighted by molar-refractivity contribution is 8.18. The van der Waals surface area contributed by atoms with Crippen LogP contribution < -0.4 is 5.32 Å². The molecule has 1 aliphatic rings. The Hall–Kier alpha value is -1.60. The molecule has 1 aromatic rings. The largest absolute Gasteiger partial charge is 0.354 e. The molecule has 7 heteroatoms. The molecule has 0 bridgehead atoms. The van der Waals surface area contributed by atoms with Gasteiger partial charge in [0.15, 0.2) is 0 Å². The number of carbonyl (C=O) groups excluding carboxylic acids is 3. The van der Waals surface area contributed by atoms with Crippen molar-refractivity contribution in [3.8, 4) is 0 Å². The summed E-state index contributed by atoms with van der Waals surface area (Å²) in [5, 5.41) is 4.36. The SMILES string of the molecule is CC(C)(C)C(=O)NCCN1C(=O)S/C(=C\c2cccs2)C1=O. The van der Waals surface area contributed by atoms with Gasteiger partial charge in [0.2, 0.25) is 5.91 Å². The average Bonchev–Trinajstić information content (AvgIpc) is 3.01. The fourth-order valence-corrected chi connectivity index (χ4v) is 3.33. The van der Waals surface area contributed by atoms with Crippen LogP contribution in [0.25, 0.3) is 6.08 Å². The van der Waals surface area contributed by atoms with Crippen molar-refractivity contribution in [1.82, 2.24) is 10.2 Å². The lowest BCUT2D eigenvalue weighted by molar-refractivity contribution is -0.129. The molecule has 5 nitrogen and oxygen atoms in total. The highest BCUT2D eigenvalue weighted by Crippen LogP contribution is 2.32. The molecule has 1 aliphatic heterocycles. The predicted octanol–water partition coefficient (Wildman–Crippen LogP) is 2.95. The first-order valence-corrected chi connectivity index (χ1v) is 8.56. The first-order chi connectivity index (χ1) is 10.3. The van der Waals surface area contributed by atoms with Gasteiger partial charge in [-0.2, -0.15) is 0 Å². The zero-order valence-corrected chi connectivity index (χ0v) is 14.3. The summed E-state index contributed by atoms with van der Waals surface area (Å²) < 4.78 is 0. The first kappa shape index (κ1) is 16.8. The van der Waals surface area contributed by atoms with E-state index in [1.807, 2.05) is 38.3 Å². The second-order valence-electron chi connectivity index (χ2n) is 5.85. The standard InChI is InChI=1S/C15H18N2O3S2/c1-15(2,3)13(19)16-6-7-17-12(18)11(22-14(17)20)9-10-5-4-8-21-10/h4-5,8-9H,6-7H2,1-3H3,(H,16,19)/b11-9-. The van der Waals surface area contributed by atoms with E-state index < -0.39 is 5.41 Å². The van der Waals surface area contributed by atoms with Gasteiger partial charge in [-0.25, -0.2) is 0 Å². The summed E-state index contributed by atoms with van der Waals surface area (Å²) in [4.78, 5) is 38.4. The van der Waals surface area contributed by atoms with Crippen LogP contribution in [0.5, 0.6) is 0 Å². The Morgan fingerprint density at radius 2 is 2.09 bits per heavy atom. The fraction of sp³-hybridized carbons (Fsp3) is 0.400. The minimum atomic E-state index is -0.488. The topological polar surface area (TPSA) is 66.5 Å². The zero-order chi connectivity index (χ0) is 16.3. The van der Waals surface area contributed by atoms with Crippen molar-refractivity contribution in [2.45, 2.75) is 20.8 Å². The molecule has 2 rings (SSSR count). The summed E-state index contributed by atoms with van der Waals surface area (Å²) in [6, 6.07) is 3.78. The Morgan fingerprint density at radius 3 is 2.68 bits per heavy atom. The lowest BCUT2D eigenvalue weighted by atomic mass is 9.96. The summed E-state index contributed by atoms with van der Waals surface area (Å²) in [6.07, 6.45) is 1.73. The maximum atomic E-state index is 12.2. The fourth-order valence-electron chi connectivity index (χ4n) is 1.74. The van der Waals surface area contributed by atoms with E-state index in [-0.39, 0.29) is 30.1 Å². The van der Waals surface area contributed by atoms with Gasteiger partial charge < -0.3 is 5.32 Å². The second kappa shape index (κ2) is 6.66. The minimum Gasteiger partial charge on any atom is -0.354 e. The quantitative estimate of drug-likeness (QED) is 0.857. The Kier molecular flexibility index (Phi) is 5.08. The maximum Gasteiger partial charge on any atom is 0.293 e. The van der Waals surface area contributed by atoms with E-state index >= 15 is 0 Å². The second-order valence-corrected chi connectivity index (χ2v) is 7.83. The van der Waals surface area contributed by atoms with Crippen molar-refractivity contribution in [3.63, 3.8) is 0 Å². The molecule has 1 fully saturated rings. The number of nitrogens with one attached hydrogen (secondary N) is 1. The van der Waals surface area contributed by atoms with Gasteiger partial charge in [0, 0.05) is 23.4 Å². The number of rotatable bonds is 4. The molecule has 0 unspecified atom stereocenters. The van der Waals surface area contributed by atoms with E-state index in [4.69, 9.17) is 0 Å². The molecule has 0 saturated carbocycles. The van der Waals surface area contributed by atoms with E-state index in [1.54, 1.807) is 6.08 Å². The normalized spacial score (nSPS) is 17.4. The van der Waals surface area contributed by atoms with Crippen molar-refractivity contribution in [2.75, 3.05) is 13.1 Å². The van der Waals surface area contributed by atoms with Gasteiger partial charge in [-0.05, 0) is 29.3 Å². The van der Waals surface area contributed by atoms with Crippen LogP contribution in [0, 0.1) is 5.41 Å². The molecule has 3 amide bonds. The summed E-state index contributed by atoms with van der Waals surface area (Å²) in [7, 11) is 0. The number of thioether (sulfide) groups is 1. The highest BCUT2D eigenvalue weighted by Gasteiger charge is 2.34. The molecule has 1 saturated heterocycles. The third-order valence-corrected chi connectivity index (χ3v) is 4.72. The van der Waals surface area contributed by atoms with Crippen LogP contribution in [0.2, 0.25) is 0 Å². The molecule has 0 radical (unpaired) electrons. The average molecular weight is 338 g/mol. The number of carbonyl (C=O) groups is 3. The van der Waals surface area contributed by atoms with Crippen molar-refractivity contribution < 1.29 is 14.4 Å². The summed E-state index contributed by atoms with van der Waals surface area (Å²) in [5.74, 6) is -0.401. The van der Waals surface area contributed by atoms with Crippen LogP contribution in [0.1, 0.15) is 25.6 Å². The van der Waals surface area contributed by atoms with E-state index in [9.17, 15) is 14.4 Å².